The van der Waals surface area contributed by atoms with E-state index in [1.807, 2.05) is 0 Å². The zero-order chi connectivity index (χ0) is 11.3. The Morgan fingerprint density at radius 1 is 1.47 bits per heavy atom. The minimum absolute atomic E-state index is 0.0149. The summed E-state index contributed by atoms with van der Waals surface area (Å²) < 4.78 is 5.95. The van der Waals surface area contributed by atoms with Crippen LogP contribution >= 0.6 is 31.9 Å². The summed E-state index contributed by atoms with van der Waals surface area (Å²) in [4.78, 5) is 10.3. The first-order valence-electron chi connectivity index (χ1n) is 4.28. The predicted octanol–water partition coefficient (Wildman–Crippen LogP) is 3.52. The average Bonchev–Trinajstić information content (AvgIpc) is 2.20. The SMILES string of the molecule is O=[N+]([O-])c1cccc(Br)c1OCCCBr. The average molecular weight is 339 g/mol. The molecule has 15 heavy (non-hydrogen) atoms. The molecule has 0 N–H and O–H groups in total. The Labute approximate surface area is 104 Å². The van der Waals surface area contributed by atoms with Crippen molar-refractivity contribution in [2.75, 3.05) is 11.9 Å². The molecule has 0 heterocycles. The first-order chi connectivity index (χ1) is 7.16. The zero-order valence-corrected chi connectivity index (χ0v) is 11.0. The van der Waals surface area contributed by atoms with Crippen LogP contribution in [0.3, 0.4) is 0 Å². The van der Waals surface area contributed by atoms with Gasteiger partial charge in [0.05, 0.1) is 16.0 Å². The Kier molecular flexibility index (Phi) is 5.04. The molecule has 1 aromatic carbocycles. The number of hydrogen-bond acceptors (Lipinski definition) is 3. The van der Waals surface area contributed by atoms with Crippen LogP contribution in [-0.2, 0) is 0 Å². The van der Waals surface area contributed by atoms with Gasteiger partial charge in [-0.15, -0.1) is 0 Å². The molecule has 0 aliphatic heterocycles. The van der Waals surface area contributed by atoms with Crippen LogP contribution in [-0.4, -0.2) is 16.9 Å². The molecule has 4 nitrogen and oxygen atoms in total. The van der Waals surface area contributed by atoms with E-state index in [9.17, 15) is 10.1 Å². The fourth-order valence-electron chi connectivity index (χ4n) is 1.01. The smallest absolute Gasteiger partial charge is 0.312 e. The maximum atomic E-state index is 10.7. The number of para-hydroxylation sites is 1. The minimum Gasteiger partial charge on any atom is -0.486 e. The van der Waals surface area contributed by atoms with Gasteiger partial charge in [0.1, 0.15) is 0 Å². The summed E-state index contributed by atoms with van der Waals surface area (Å²) in [5.74, 6) is 0.295. The van der Waals surface area contributed by atoms with Crippen LogP contribution in [0.5, 0.6) is 5.75 Å². The van der Waals surface area contributed by atoms with Crippen LogP contribution < -0.4 is 4.74 Å². The summed E-state index contributed by atoms with van der Waals surface area (Å²) in [7, 11) is 0. The third-order valence-corrected chi connectivity index (χ3v) is 2.85. The van der Waals surface area contributed by atoms with E-state index in [1.165, 1.54) is 6.07 Å². The van der Waals surface area contributed by atoms with E-state index in [0.29, 0.717) is 16.8 Å². The topological polar surface area (TPSA) is 52.4 Å². The second kappa shape index (κ2) is 6.07. The highest BCUT2D eigenvalue weighted by atomic mass is 79.9. The predicted molar refractivity (Wildman–Crippen MR) is 64.7 cm³/mol. The van der Waals surface area contributed by atoms with Crippen molar-refractivity contribution < 1.29 is 9.66 Å². The highest BCUT2D eigenvalue weighted by Crippen LogP contribution is 2.34. The van der Waals surface area contributed by atoms with Gasteiger partial charge >= 0.3 is 5.69 Å². The van der Waals surface area contributed by atoms with Gasteiger partial charge in [-0.2, -0.15) is 0 Å². The molecule has 1 rings (SSSR count). The number of nitrogens with zero attached hydrogens (tertiary/aromatic N) is 1. The number of nitro groups is 1. The van der Waals surface area contributed by atoms with E-state index < -0.39 is 4.92 Å². The molecule has 6 heteroatoms. The minimum atomic E-state index is -0.450. The molecule has 0 aliphatic carbocycles. The van der Waals surface area contributed by atoms with Crippen molar-refractivity contribution in [3.05, 3.63) is 32.8 Å². The normalized spacial score (nSPS) is 10.0. The van der Waals surface area contributed by atoms with Gasteiger partial charge in [-0.1, -0.05) is 22.0 Å². The van der Waals surface area contributed by atoms with E-state index in [4.69, 9.17) is 4.74 Å². The Balaban J connectivity index is 2.87. The lowest BCUT2D eigenvalue weighted by molar-refractivity contribution is -0.386. The zero-order valence-electron chi connectivity index (χ0n) is 7.78. The van der Waals surface area contributed by atoms with Crippen LogP contribution in [0.1, 0.15) is 6.42 Å². The molecule has 1 aromatic rings. The number of nitro benzene ring substituents is 1. The van der Waals surface area contributed by atoms with Crippen molar-refractivity contribution in [2.24, 2.45) is 0 Å². The Hall–Kier alpha value is -0.620. The van der Waals surface area contributed by atoms with Crippen molar-refractivity contribution in [1.82, 2.24) is 0 Å². The van der Waals surface area contributed by atoms with Crippen LogP contribution in [0.4, 0.5) is 5.69 Å². The summed E-state index contributed by atoms with van der Waals surface area (Å²) in [5, 5.41) is 11.5. The Morgan fingerprint density at radius 2 is 2.20 bits per heavy atom. The van der Waals surface area contributed by atoms with Crippen LogP contribution in [0.25, 0.3) is 0 Å². The molecular formula is C9H9Br2NO3. The summed E-state index contributed by atoms with van der Waals surface area (Å²) in [6.07, 6.45) is 0.804. The molecular weight excluding hydrogens is 330 g/mol. The number of rotatable bonds is 5. The van der Waals surface area contributed by atoms with E-state index >= 15 is 0 Å². The molecule has 0 fully saturated rings. The van der Waals surface area contributed by atoms with Gasteiger partial charge < -0.3 is 4.74 Å². The molecule has 0 unspecified atom stereocenters. The van der Waals surface area contributed by atoms with Gasteiger partial charge in [0.15, 0.2) is 0 Å². The molecule has 82 valence electrons. The summed E-state index contributed by atoms with van der Waals surface area (Å²) >= 11 is 6.49. The van der Waals surface area contributed by atoms with Gasteiger partial charge in [-0.25, -0.2) is 0 Å². The number of halogens is 2. The quantitative estimate of drug-likeness (QED) is 0.357. The van der Waals surface area contributed by atoms with Gasteiger partial charge in [0.2, 0.25) is 5.75 Å². The second-order valence-electron chi connectivity index (χ2n) is 2.74. The maximum Gasteiger partial charge on any atom is 0.312 e. The van der Waals surface area contributed by atoms with Crippen LogP contribution in [0, 0.1) is 10.1 Å². The van der Waals surface area contributed by atoms with Gasteiger partial charge in [-0.3, -0.25) is 10.1 Å². The lowest BCUT2D eigenvalue weighted by atomic mass is 10.3. The van der Waals surface area contributed by atoms with Crippen molar-refractivity contribution in [3.63, 3.8) is 0 Å². The van der Waals surface area contributed by atoms with Gasteiger partial charge in [0, 0.05) is 11.4 Å². The van der Waals surface area contributed by atoms with Crippen LogP contribution in [0.15, 0.2) is 22.7 Å². The fourth-order valence-corrected chi connectivity index (χ4v) is 1.71. The van der Waals surface area contributed by atoms with Crippen molar-refractivity contribution >= 4 is 37.5 Å². The Morgan fingerprint density at radius 3 is 2.80 bits per heavy atom. The summed E-state index contributed by atoms with van der Waals surface area (Å²) in [5.41, 5.74) is -0.0149. The van der Waals surface area contributed by atoms with E-state index in [0.717, 1.165) is 11.8 Å². The highest BCUT2D eigenvalue weighted by Gasteiger charge is 2.17. The molecule has 0 saturated carbocycles. The third kappa shape index (κ3) is 3.46. The largest absolute Gasteiger partial charge is 0.486 e. The maximum absolute atomic E-state index is 10.7. The fraction of sp³-hybridized carbons (Fsp3) is 0.333. The Bertz CT molecular complexity index is 357. The number of ether oxygens (including phenoxy) is 1. The first-order valence-corrected chi connectivity index (χ1v) is 6.20. The monoisotopic (exact) mass is 337 g/mol. The van der Waals surface area contributed by atoms with Crippen molar-refractivity contribution in [1.29, 1.82) is 0 Å². The number of alkyl halides is 1. The lowest BCUT2D eigenvalue weighted by Gasteiger charge is -2.07. The van der Waals surface area contributed by atoms with Gasteiger partial charge in [0.25, 0.3) is 0 Å². The first kappa shape index (κ1) is 12.4. The summed E-state index contributed by atoms with van der Waals surface area (Å²) in [6, 6.07) is 4.75. The van der Waals surface area contributed by atoms with Crippen molar-refractivity contribution in [2.45, 2.75) is 6.42 Å². The second-order valence-corrected chi connectivity index (χ2v) is 4.38. The van der Waals surface area contributed by atoms with Crippen LogP contribution in [0.2, 0.25) is 0 Å². The third-order valence-electron chi connectivity index (χ3n) is 1.67. The van der Waals surface area contributed by atoms with Crippen molar-refractivity contribution in [3.8, 4) is 5.75 Å². The van der Waals surface area contributed by atoms with E-state index in [-0.39, 0.29) is 5.69 Å². The van der Waals surface area contributed by atoms with E-state index in [1.54, 1.807) is 12.1 Å². The summed E-state index contributed by atoms with van der Waals surface area (Å²) in [6.45, 7) is 0.453. The number of benzene rings is 1. The molecule has 0 radical (unpaired) electrons. The molecule has 0 amide bonds. The highest BCUT2D eigenvalue weighted by molar-refractivity contribution is 9.10. The lowest BCUT2D eigenvalue weighted by Crippen LogP contribution is -2.01. The standard InChI is InChI=1S/C9H9Br2NO3/c10-5-2-6-15-9-7(11)3-1-4-8(9)12(13)14/h1,3-4H,2,5-6H2. The molecule has 0 bridgehead atoms. The van der Waals surface area contributed by atoms with Gasteiger partial charge in [-0.05, 0) is 28.4 Å². The molecule has 0 atom stereocenters. The molecule has 0 spiro atoms. The van der Waals surface area contributed by atoms with E-state index in [2.05, 4.69) is 31.9 Å². The molecule has 0 saturated heterocycles. The number of hydrogen-bond donors (Lipinski definition) is 0. The molecule has 0 aromatic heterocycles. The molecule has 0 aliphatic rings.